The molecule has 2 radical (unpaired) electrons. The molecule has 128 valence electrons. The van der Waals surface area contributed by atoms with Crippen molar-refractivity contribution in [2.75, 3.05) is 0 Å². The summed E-state index contributed by atoms with van der Waals surface area (Å²) in [7, 11) is 0. The number of carboxylic acids is 1. The number of carboxylic acid groups (broad SMARTS) is 1. The van der Waals surface area contributed by atoms with Crippen molar-refractivity contribution in [3.05, 3.63) is 35.4 Å². The SMILES string of the molecule is CCCCCCCCCCCCc1ccccc1C(=O)O.S.[Ca]. The van der Waals surface area contributed by atoms with Crippen LogP contribution in [0.25, 0.3) is 0 Å². The summed E-state index contributed by atoms with van der Waals surface area (Å²) in [6, 6.07) is 7.37. The molecule has 0 aromatic heterocycles. The molecule has 0 atom stereocenters. The van der Waals surface area contributed by atoms with Gasteiger partial charge < -0.3 is 5.11 Å². The number of aryl methyl sites for hydroxylation is 1. The second-order valence-corrected chi connectivity index (χ2v) is 5.89. The number of carbonyl (C=O) groups is 1. The summed E-state index contributed by atoms with van der Waals surface area (Å²) in [5.41, 5.74) is 1.44. The maximum absolute atomic E-state index is 11.1. The van der Waals surface area contributed by atoms with E-state index < -0.39 is 5.97 Å². The Bertz CT molecular complexity index is 410. The van der Waals surface area contributed by atoms with Crippen molar-refractivity contribution in [1.29, 1.82) is 0 Å². The molecule has 0 unspecified atom stereocenters. The standard InChI is InChI=1S/C19H30O2.Ca.H2S/c1-2-3-4-5-6-7-8-9-10-11-14-17-15-12-13-16-18(17)19(20)21;;/h12-13,15-16H,2-11,14H2,1H3,(H,20,21);;1H2. The Labute approximate surface area is 178 Å². The van der Waals surface area contributed by atoms with Crippen LogP contribution in [0.1, 0.15) is 87.1 Å². The summed E-state index contributed by atoms with van der Waals surface area (Å²) >= 11 is 0. The zero-order valence-electron chi connectivity index (χ0n) is 14.7. The van der Waals surface area contributed by atoms with E-state index in [1.54, 1.807) is 12.1 Å². The van der Waals surface area contributed by atoms with E-state index in [1.807, 2.05) is 12.1 Å². The van der Waals surface area contributed by atoms with Crippen LogP contribution in [0.2, 0.25) is 0 Å². The Balaban J connectivity index is 0. The fraction of sp³-hybridized carbons (Fsp3) is 0.632. The number of hydrogen-bond donors (Lipinski definition) is 1. The molecule has 1 aromatic rings. The molecular formula is C19H32CaO2S. The fourth-order valence-corrected chi connectivity index (χ4v) is 2.75. The van der Waals surface area contributed by atoms with E-state index in [2.05, 4.69) is 6.92 Å². The van der Waals surface area contributed by atoms with Crippen LogP contribution in [0.15, 0.2) is 24.3 Å². The van der Waals surface area contributed by atoms with Gasteiger partial charge in [0.05, 0.1) is 5.56 Å². The summed E-state index contributed by atoms with van der Waals surface area (Å²) in [5, 5.41) is 9.13. The predicted octanol–water partition coefficient (Wildman–Crippen LogP) is 5.58. The third-order valence-electron chi connectivity index (χ3n) is 4.05. The first kappa shape index (κ1) is 25.5. The second kappa shape index (κ2) is 17.1. The van der Waals surface area contributed by atoms with Crippen LogP contribution >= 0.6 is 13.5 Å². The maximum Gasteiger partial charge on any atom is 0.335 e. The van der Waals surface area contributed by atoms with Crippen LogP contribution in [0.5, 0.6) is 0 Å². The quantitative estimate of drug-likeness (QED) is 0.388. The van der Waals surface area contributed by atoms with Crippen LogP contribution < -0.4 is 0 Å². The summed E-state index contributed by atoms with van der Waals surface area (Å²) in [4.78, 5) is 11.1. The third-order valence-corrected chi connectivity index (χ3v) is 4.05. The summed E-state index contributed by atoms with van der Waals surface area (Å²) in [6.07, 6.45) is 14.0. The van der Waals surface area contributed by atoms with Crippen LogP contribution in [0.3, 0.4) is 0 Å². The van der Waals surface area contributed by atoms with Crippen LogP contribution in [-0.4, -0.2) is 48.8 Å². The van der Waals surface area contributed by atoms with E-state index in [9.17, 15) is 4.79 Å². The van der Waals surface area contributed by atoms with Gasteiger partial charge in [0, 0.05) is 37.7 Å². The molecule has 1 aromatic carbocycles. The average molecular weight is 365 g/mol. The molecule has 0 bridgehead atoms. The van der Waals surface area contributed by atoms with Gasteiger partial charge in [0.15, 0.2) is 0 Å². The Hall–Kier alpha value is 0.300. The van der Waals surface area contributed by atoms with Gasteiger partial charge in [-0.15, -0.1) is 0 Å². The van der Waals surface area contributed by atoms with Gasteiger partial charge in [-0.05, 0) is 24.5 Å². The molecule has 23 heavy (non-hydrogen) atoms. The van der Waals surface area contributed by atoms with Gasteiger partial charge in [-0.2, -0.15) is 13.5 Å². The van der Waals surface area contributed by atoms with Crippen molar-refractivity contribution in [3.63, 3.8) is 0 Å². The molecule has 4 heteroatoms. The van der Waals surface area contributed by atoms with Crippen molar-refractivity contribution in [1.82, 2.24) is 0 Å². The second-order valence-electron chi connectivity index (χ2n) is 5.89. The number of aromatic carboxylic acids is 1. The first-order valence-electron chi connectivity index (χ1n) is 8.57. The van der Waals surface area contributed by atoms with Crippen molar-refractivity contribution in [2.24, 2.45) is 0 Å². The van der Waals surface area contributed by atoms with Crippen molar-refractivity contribution >= 4 is 57.2 Å². The van der Waals surface area contributed by atoms with E-state index in [0.717, 1.165) is 18.4 Å². The number of rotatable bonds is 12. The summed E-state index contributed by atoms with van der Waals surface area (Å²) < 4.78 is 0. The van der Waals surface area contributed by atoms with Gasteiger partial charge in [0.25, 0.3) is 0 Å². The van der Waals surface area contributed by atoms with E-state index in [4.69, 9.17) is 5.11 Å². The maximum atomic E-state index is 11.1. The minimum Gasteiger partial charge on any atom is -0.478 e. The van der Waals surface area contributed by atoms with Crippen LogP contribution in [-0.2, 0) is 6.42 Å². The molecule has 1 rings (SSSR count). The van der Waals surface area contributed by atoms with E-state index in [-0.39, 0.29) is 51.2 Å². The van der Waals surface area contributed by atoms with Gasteiger partial charge >= 0.3 is 5.97 Å². The Kier molecular flexibility index (Phi) is 19.0. The zero-order chi connectivity index (χ0) is 15.3. The molecule has 0 saturated carbocycles. The van der Waals surface area contributed by atoms with Crippen LogP contribution in [0, 0.1) is 0 Å². The largest absolute Gasteiger partial charge is 0.478 e. The Morgan fingerprint density at radius 1 is 0.870 bits per heavy atom. The van der Waals surface area contributed by atoms with E-state index in [1.165, 1.54) is 57.8 Å². The van der Waals surface area contributed by atoms with Crippen molar-refractivity contribution in [2.45, 2.75) is 77.6 Å². The molecule has 2 nitrogen and oxygen atoms in total. The molecule has 1 N–H and O–H groups in total. The normalized spacial score (nSPS) is 9.78. The summed E-state index contributed by atoms with van der Waals surface area (Å²) in [6.45, 7) is 2.25. The minimum atomic E-state index is -0.808. The first-order valence-corrected chi connectivity index (χ1v) is 8.57. The monoisotopic (exact) mass is 364 g/mol. The van der Waals surface area contributed by atoms with E-state index >= 15 is 0 Å². The van der Waals surface area contributed by atoms with Gasteiger partial charge in [-0.1, -0.05) is 82.9 Å². The van der Waals surface area contributed by atoms with Crippen LogP contribution in [0.4, 0.5) is 0 Å². The molecule has 0 saturated heterocycles. The smallest absolute Gasteiger partial charge is 0.335 e. The third kappa shape index (κ3) is 12.3. The first-order chi connectivity index (χ1) is 10.3. The topological polar surface area (TPSA) is 37.3 Å². The Morgan fingerprint density at radius 3 is 1.87 bits per heavy atom. The molecule has 0 fully saturated rings. The molecule has 0 heterocycles. The molecule has 0 amide bonds. The Morgan fingerprint density at radius 2 is 1.35 bits per heavy atom. The molecule has 0 aliphatic carbocycles. The number of benzene rings is 1. The van der Waals surface area contributed by atoms with Gasteiger partial charge in [0.1, 0.15) is 0 Å². The van der Waals surface area contributed by atoms with Crippen molar-refractivity contribution in [3.8, 4) is 0 Å². The molecule has 0 aliphatic heterocycles. The minimum absolute atomic E-state index is 0. The zero-order valence-corrected chi connectivity index (χ0v) is 17.9. The molecular weight excluding hydrogens is 332 g/mol. The van der Waals surface area contributed by atoms with Gasteiger partial charge in [0.2, 0.25) is 0 Å². The van der Waals surface area contributed by atoms with E-state index in [0.29, 0.717) is 5.56 Å². The van der Waals surface area contributed by atoms with Crippen molar-refractivity contribution < 1.29 is 9.90 Å². The average Bonchev–Trinajstić information content (AvgIpc) is 2.49. The molecule has 0 aliphatic rings. The fourth-order valence-electron chi connectivity index (χ4n) is 2.75. The summed E-state index contributed by atoms with van der Waals surface area (Å²) in [5.74, 6) is -0.808. The van der Waals surface area contributed by atoms with Gasteiger partial charge in [-0.3, -0.25) is 0 Å². The number of unbranched alkanes of at least 4 members (excludes halogenated alkanes) is 9. The predicted molar refractivity (Wildman–Crippen MR) is 105 cm³/mol. The molecule has 0 spiro atoms. The number of hydrogen-bond acceptors (Lipinski definition) is 1. The van der Waals surface area contributed by atoms with Gasteiger partial charge in [-0.25, -0.2) is 4.79 Å².